The zero-order valence-corrected chi connectivity index (χ0v) is 27.4. The van der Waals surface area contributed by atoms with Crippen molar-refractivity contribution in [2.24, 2.45) is 62.5 Å². The van der Waals surface area contributed by atoms with Gasteiger partial charge in [-0.2, -0.15) is 0 Å². The summed E-state index contributed by atoms with van der Waals surface area (Å²) in [6.45, 7) is 4.22. The molecule has 0 aromatic heterocycles. The molecule has 2 bridgehead atoms. The maximum Gasteiger partial charge on any atom is 0.334 e. The lowest BCUT2D eigenvalue weighted by atomic mass is 9.35. The van der Waals surface area contributed by atoms with Crippen LogP contribution in [0, 0.1) is 51.8 Å². The molecule has 5 fully saturated rings. The smallest absolute Gasteiger partial charge is 0.334 e. The molecule has 12 atom stereocenters. The number of hydrogen-bond acceptors (Lipinski definition) is 6. The summed E-state index contributed by atoms with van der Waals surface area (Å²) in [5.74, 6) is 0.794. The average molecular weight is 633 g/mol. The molecule has 1 saturated heterocycles. The number of allylic oxidation sites excluding steroid dienone is 4. The number of carboxylic acids is 1. The molecule has 2 aliphatic heterocycles. The van der Waals surface area contributed by atoms with Gasteiger partial charge in [-0.3, -0.25) is 4.99 Å². The van der Waals surface area contributed by atoms with E-state index in [4.69, 9.17) is 10.5 Å². The molecule has 6 aliphatic carbocycles. The lowest BCUT2D eigenvalue weighted by Gasteiger charge is -2.71. The van der Waals surface area contributed by atoms with Gasteiger partial charge < -0.3 is 36.0 Å². The summed E-state index contributed by atoms with van der Waals surface area (Å²) < 4.78 is 7.13. The molecule has 0 amide bonds. The third-order valence-electron chi connectivity index (χ3n) is 14.7. The molecule has 6 N–H and O–H groups in total. The quantitative estimate of drug-likeness (QED) is 0.170. The minimum Gasteiger partial charge on any atom is -0.478 e. The molecule has 2 heterocycles. The monoisotopic (exact) mass is 632 g/mol. The highest BCUT2D eigenvalue weighted by Gasteiger charge is 2.83. The number of nitrogens with two attached hydrogens (primary N) is 1. The third-order valence-corrected chi connectivity index (χ3v) is 14.7. The van der Waals surface area contributed by atoms with E-state index in [2.05, 4.69) is 58.7 Å². The molecule has 0 aromatic carbocycles. The normalized spacial score (nSPS) is 48.6. The number of guanidine groups is 1. The number of fused-ring (bicyclic) bond motifs is 3. The van der Waals surface area contributed by atoms with Crippen LogP contribution < -0.4 is 11.1 Å². The number of rotatable bonds is 6. The Kier molecular flexibility index (Phi) is 7.23. The molecule has 0 aromatic rings. The molecule has 8 rings (SSSR count). The molecule has 46 heavy (non-hydrogen) atoms. The number of aliphatic hydroxyl groups excluding tert-OH is 1. The summed E-state index contributed by atoms with van der Waals surface area (Å²) in [6, 6.07) is 0. The van der Waals surface area contributed by atoms with Gasteiger partial charge in [0.05, 0.1) is 24.4 Å². The Morgan fingerprint density at radius 2 is 1.96 bits per heavy atom. The number of aliphatic carboxylic acids is 1. The summed E-state index contributed by atoms with van der Waals surface area (Å²) in [4.78, 5) is 20.1. The summed E-state index contributed by atoms with van der Waals surface area (Å²) in [7, 11) is 1.72. The van der Waals surface area contributed by atoms with Gasteiger partial charge >= 0.3 is 5.97 Å². The van der Waals surface area contributed by atoms with Crippen LogP contribution in [-0.4, -0.2) is 83.2 Å². The van der Waals surface area contributed by atoms with Crippen LogP contribution in [0.15, 0.2) is 52.7 Å². The van der Waals surface area contributed by atoms with E-state index in [0.717, 1.165) is 50.5 Å². The molecule has 2 spiro atoms. The van der Waals surface area contributed by atoms with Gasteiger partial charge in [0, 0.05) is 61.0 Å². The Hall–Kier alpha value is -2.46. The van der Waals surface area contributed by atoms with Crippen LogP contribution in [0.1, 0.15) is 64.7 Å². The minimum atomic E-state index is -1.57. The molecule has 9 nitrogen and oxygen atoms in total. The van der Waals surface area contributed by atoms with Gasteiger partial charge in [0.1, 0.15) is 5.60 Å². The molecule has 250 valence electrons. The van der Waals surface area contributed by atoms with E-state index in [1.165, 1.54) is 0 Å². The molecular weight excluding hydrogens is 580 g/mol. The Bertz CT molecular complexity index is 1440. The number of aliphatic hydroxyl groups is 2. The van der Waals surface area contributed by atoms with Crippen molar-refractivity contribution in [2.75, 3.05) is 33.3 Å². The standard InChI is InChI=1S/C37H52N4O5/c1-22-7-11-25-19-27-30(32(43)44)37(45,29-12-10-24-9-8-23-5-3-4-6-26(23)31(24)46-29)28-13-14-34(20-40-16-18-42)15-17-41(33(38)39-2)21-35(25,34)36(22,27)28/h3-6,15,17,22-26,28-29,31,40,42,45H,7-14,16,18-21H2,1-2H3,(H2,38,39)(H,43,44). The van der Waals surface area contributed by atoms with E-state index < -0.39 is 23.1 Å². The van der Waals surface area contributed by atoms with E-state index >= 15 is 0 Å². The molecule has 12 unspecified atom stereocenters. The topological polar surface area (TPSA) is 141 Å². The van der Waals surface area contributed by atoms with Gasteiger partial charge in [-0.1, -0.05) is 37.3 Å². The molecule has 9 heteroatoms. The van der Waals surface area contributed by atoms with Gasteiger partial charge in [0.2, 0.25) is 0 Å². The summed E-state index contributed by atoms with van der Waals surface area (Å²) >= 11 is 0. The molecule has 0 radical (unpaired) electrons. The van der Waals surface area contributed by atoms with E-state index in [0.29, 0.717) is 50.3 Å². The van der Waals surface area contributed by atoms with Crippen LogP contribution in [0.2, 0.25) is 0 Å². The first-order valence-electron chi connectivity index (χ1n) is 17.9. The summed E-state index contributed by atoms with van der Waals surface area (Å²) in [6.07, 6.45) is 20.9. The lowest BCUT2D eigenvalue weighted by molar-refractivity contribution is -0.249. The second-order valence-electron chi connectivity index (χ2n) is 15.9. The largest absolute Gasteiger partial charge is 0.478 e. The predicted octanol–water partition coefficient (Wildman–Crippen LogP) is 3.60. The number of ether oxygens (including phenoxy) is 1. The van der Waals surface area contributed by atoms with Crippen molar-refractivity contribution >= 4 is 11.9 Å². The second-order valence-corrected chi connectivity index (χ2v) is 15.9. The van der Waals surface area contributed by atoms with Crippen molar-refractivity contribution in [3.63, 3.8) is 0 Å². The Morgan fingerprint density at radius 1 is 1.15 bits per heavy atom. The highest BCUT2D eigenvalue weighted by molar-refractivity contribution is 5.92. The first kappa shape index (κ1) is 30.8. The number of aliphatic imine (C=N–C) groups is 1. The van der Waals surface area contributed by atoms with Gasteiger partial charge in [0.25, 0.3) is 0 Å². The Labute approximate surface area is 272 Å². The van der Waals surface area contributed by atoms with Crippen LogP contribution in [0.25, 0.3) is 0 Å². The fourth-order valence-corrected chi connectivity index (χ4v) is 13.3. The van der Waals surface area contributed by atoms with E-state index in [-0.39, 0.29) is 52.8 Å². The lowest BCUT2D eigenvalue weighted by Crippen LogP contribution is -2.73. The van der Waals surface area contributed by atoms with Crippen molar-refractivity contribution in [1.29, 1.82) is 0 Å². The average Bonchev–Trinajstić information content (AvgIpc) is 3.42. The van der Waals surface area contributed by atoms with Crippen molar-refractivity contribution in [1.82, 2.24) is 10.2 Å². The molecule has 4 saturated carbocycles. The van der Waals surface area contributed by atoms with E-state index in [9.17, 15) is 20.1 Å². The van der Waals surface area contributed by atoms with Crippen LogP contribution in [0.5, 0.6) is 0 Å². The van der Waals surface area contributed by atoms with Crippen LogP contribution in [0.3, 0.4) is 0 Å². The van der Waals surface area contributed by atoms with Gasteiger partial charge in [-0.25, -0.2) is 4.79 Å². The van der Waals surface area contributed by atoms with Crippen molar-refractivity contribution in [2.45, 2.75) is 82.5 Å². The number of carboxylic acid groups (broad SMARTS) is 1. The van der Waals surface area contributed by atoms with E-state index in [1.54, 1.807) is 7.05 Å². The zero-order chi connectivity index (χ0) is 32.1. The summed E-state index contributed by atoms with van der Waals surface area (Å²) in [5.41, 5.74) is 5.04. The van der Waals surface area contributed by atoms with Gasteiger partial charge in [0.15, 0.2) is 5.96 Å². The number of nitrogens with zero attached hydrogens (tertiary/aromatic N) is 2. The van der Waals surface area contributed by atoms with Crippen molar-refractivity contribution in [3.8, 4) is 0 Å². The first-order valence-corrected chi connectivity index (χ1v) is 17.9. The maximum atomic E-state index is 13.7. The van der Waals surface area contributed by atoms with Crippen LogP contribution in [-0.2, 0) is 9.53 Å². The number of carbonyl (C=O) groups is 1. The fourth-order valence-electron chi connectivity index (χ4n) is 13.3. The fraction of sp³-hybridized carbons (Fsp3) is 0.730. The molecular formula is C37H52N4O5. The van der Waals surface area contributed by atoms with Gasteiger partial charge in [-0.05, 0) is 87.0 Å². The zero-order valence-electron chi connectivity index (χ0n) is 27.4. The highest BCUT2D eigenvalue weighted by Crippen LogP contribution is 2.84. The number of nitrogens with one attached hydrogen (secondary N) is 1. The highest BCUT2D eigenvalue weighted by atomic mass is 16.5. The van der Waals surface area contributed by atoms with Gasteiger partial charge in [-0.15, -0.1) is 0 Å². The van der Waals surface area contributed by atoms with E-state index in [1.807, 2.05) is 0 Å². The Balaban J connectivity index is 1.29. The predicted molar refractivity (Wildman–Crippen MR) is 175 cm³/mol. The Morgan fingerprint density at radius 3 is 2.74 bits per heavy atom. The SMILES string of the molecule is CN=C(N)N1C=CC2(CNCCO)CCC3C(O)(C4CCC5CCC6C=CC=CC6C5O4)C(C(=O)O)=C4CC5CCC(C)C43C52C1. The van der Waals surface area contributed by atoms with Crippen molar-refractivity contribution < 1.29 is 24.9 Å². The third kappa shape index (κ3) is 3.66. The molecule has 8 aliphatic rings. The summed E-state index contributed by atoms with van der Waals surface area (Å²) in [5, 5.41) is 37.9. The first-order chi connectivity index (χ1) is 22.2. The number of hydrogen-bond donors (Lipinski definition) is 5. The van der Waals surface area contributed by atoms with Crippen LogP contribution >= 0.6 is 0 Å². The maximum absolute atomic E-state index is 13.7. The van der Waals surface area contributed by atoms with Crippen molar-refractivity contribution in [3.05, 3.63) is 47.7 Å². The van der Waals surface area contributed by atoms with Crippen LogP contribution in [0.4, 0.5) is 0 Å². The second kappa shape index (κ2) is 10.8. The minimum absolute atomic E-state index is 0.00905.